The molecule has 192 valence electrons. The van der Waals surface area contributed by atoms with Gasteiger partial charge in [-0.3, -0.25) is 23.5 Å². The van der Waals surface area contributed by atoms with Gasteiger partial charge in [-0.05, 0) is 61.7 Å². The van der Waals surface area contributed by atoms with Gasteiger partial charge < -0.3 is 15.1 Å². The van der Waals surface area contributed by atoms with Crippen LogP contribution in [-0.2, 0) is 29.2 Å². The van der Waals surface area contributed by atoms with Gasteiger partial charge in [0, 0.05) is 18.7 Å². The minimum Gasteiger partial charge on any atom is -0.467 e. The van der Waals surface area contributed by atoms with Crippen LogP contribution in [0.15, 0.2) is 74.9 Å². The third-order valence-electron chi connectivity index (χ3n) is 5.96. The fraction of sp³-hybridized carbons (Fsp3) is 0.259. The number of aryl methyl sites for hydroxylation is 1. The molecule has 0 aliphatic carbocycles. The highest BCUT2D eigenvalue weighted by molar-refractivity contribution is 5.91. The van der Waals surface area contributed by atoms with Crippen LogP contribution in [0.25, 0.3) is 10.9 Å². The summed E-state index contributed by atoms with van der Waals surface area (Å²) in [6.45, 7) is 1.64. The minimum absolute atomic E-state index is 0.0960. The summed E-state index contributed by atoms with van der Waals surface area (Å²) < 4.78 is 21.3. The van der Waals surface area contributed by atoms with Crippen LogP contribution in [0.3, 0.4) is 0 Å². The molecule has 2 N–H and O–H groups in total. The third-order valence-corrected chi connectivity index (χ3v) is 5.96. The predicted molar refractivity (Wildman–Crippen MR) is 137 cm³/mol. The van der Waals surface area contributed by atoms with E-state index in [-0.39, 0.29) is 37.6 Å². The van der Waals surface area contributed by atoms with E-state index in [1.807, 2.05) is 0 Å². The SMILES string of the molecule is Cc1ccc(NC(=O)Cn2c(=O)n(CCCCC(=O)NCc3ccco3)c(=O)c3ccccc32)cc1F. The summed E-state index contributed by atoms with van der Waals surface area (Å²) >= 11 is 0. The van der Waals surface area contributed by atoms with Crippen LogP contribution in [0, 0.1) is 12.7 Å². The second kappa shape index (κ2) is 11.5. The van der Waals surface area contributed by atoms with Gasteiger partial charge in [0.2, 0.25) is 11.8 Å². The van der Waals surface area contributed by atoms with Crippen molar-refractivity contribution in [1.29, 1.82) is 0 Å². The number of rotatable bonds is 10. The molecule has 9 nitrogen and oxygen atoms in total. The molecule has 2 heterocycles. The predicted octanol–water partition coefficient (Wildman–Crippen LogP) is 3.33. The van der Waals surface area contributed by atoms with E-state index in [1.54, 1.807) is 55.5 Å². The summed E-state index contributed by atoms with van der Waals surface area (Å²) in [6.07, 6.45) is 2.63. The minimum atomic E-state index is -0.629. The molecule has 0 unspecified atom stereocenters. The summed E-state index contributed by atoms with van der Waals surface area (Å²) in [6, 6.07) is 14.4. The largest absolute Gasteiger partial charge is 0.467 e. The average Bonchev–Trinajstić information content (AvgIpc) is 3.41. The number of hydrogen-bond acceptors (Lipinski definition) is 5. The number of nitrogens with zero attached hydrogens (tertiary/aromatic N) is 2. The van der Waals surface area contributed by atoms with Crippen LogP contribution < -0.4 is 21.9 Å². The normalized spacial score (nSPS) is 11.0. The zero-order valence-corrected chi connectivity index (χ0v) is 20.3. The Morgan fingerprint density at radius 2 is 1.78 bits per heavy atom. The highest BCUT2D eigenvalue weighted by Crippen LogP contribution is 2.14. The number of furan rings is 1. The smallest absolute Gasteiger partial charge is 0.331 e. The Balaban J connectivity index is 1.46. The van der Waals surface area contributed by atoms with Crippen LogP contribution >= 0.6 is 0 Å². The van der Waals surface area contributed by atoms with Crippen molar-refractivity contribution in [2.45, 2.75) is 45.8 Å². The maximum Gasteiger partial charge on any atom is 0.331 e. The number of benzene rings is 2. The monoisotopic (exact) mass is 506 g/mol. The van der Waals surface area contributed by atoms with Crippen molar-refractivity contribution in [3.05, 3.63) is 98.8 Å². The number of para-hydroxylation sites is 1. The molecule has 0 atom stereocenters. The fourth-order valence-electron chi connectivity index (χ4n) is 3.98. The molecule has 0 radical (unpaired) electrons. The van der Waals surface area contributed by atoms with Crippen molar-refractivity contribution in [2.24, 2.45) is 0 Å². The van der Waals surface area contributed by atoms with Crippen molar-refractivity contribution in [3.63, 3.8) is 0 Å². The average molecular weight is 507 g/mol. The third kappa shape index (κ3) is 6.21. The van der Waals surface area contributed by atoms with E-state index in [0.29, 0.717) is 35.1 Å². The number of hydrogen-bond donors (Lipinski definition) is 2. The molecule has 4 rings (SSSR count). The molecule has 2 aromatic carbocycles. The van der Waals surface area contributed by atoms with E-state index in [9.17, 15) is 23.6 Å². The first-order valence-electron chi connectivity index (χ1n) is 11.9. The Morgan fingerprint density at radius 1 is 0.973 bits per heavy atom. The van der Waals surface area contributed by atoms with Gasteiger partial charge in [0.1, 0.15) is 18.1 Å². The standard InChI is InChI=1S/C27H27FN4O5/c1-18-11-12-19(15-22(18)28)30-25(34)17-32-23-9-3-2-8-21(23)26(35)31(27(32)36)13-5-4-10-24(33)29-16-20-7-6-14-37-20/h2-3,6-9,11-12,14-15H,4-5,10,13,16-17H2,1H3,(H,29,33)(H,30,34). The van der Waals surface area contributed by atoms with Gasteiger partial charge in [-0.15, -0.1) is 0 Å². The number of unbranched alkanes of at least 4 members (excludes halogenated alkanes) is 1. The van der Waals surface area contributed by atoms with Gasteiger partial charge >= 0.3 is 5.69 Å². The first kappa shape index (κ1) is 25.6. The van der Waals surface area contributed by atoms with Gasteiger partial charge in [0.05, 0.1) is 23.7 Å². The van der Waals surface area contributed by atoms with Crippen LogP contribution in [0.5, 0.6) is 0 Å². The number of carbonyl (C=O) groups excluding carboxylic acids is 2. The Hall–Kier alpha value is -4.47. The van der Waals surface area contributed by atoms with Crippen LogP contribution in [0.4, 0.5) is 10.1 Å². The summed E-state index contributed by atoms with van der Waals surface area (Å²) in [7, 11) is 0. The summed E-state index contributed by atoms with van der Waals surface area (Å²) in [5.41, 5.74) is -0.0426. The van der Waals surface area contributed by atoms with Gasteiger partial charge in [-0.2, -0.15) is 0 Å². The lowest BCUT2D eigenvalue weighted by Crippen LogP contribution is -2.41. The van der Waals surface area contributed by atoms with Gasteiger partial charge in [0.15, 0.2) is 0 Å². The Kier molecular flexibility index (Phi) is 7.97. The molecule has 2 aromatic heterocycles. The molecule has 0 aliphatic heterocycles. The van der Waals surface area contributed by atoms with E-state index in [0.717, 1.165) is 4.57 Å². The summed E-state index contributed by atoms with van der Waals surface area (Å²) in [4.78, 5) is 51.1. The highest BCUT2D eigenvalue weighted by Gasteiger charge is 2.16. The molecule has 0 spiro atoms. The molecular formula is C27H27FN4O5. The lowest BCUT2D eigenvalue weighted by molar-refractivity contribution is -0.121. The van der Waals surface area contributed by atoms with Crippen molar-refractivity contribution < 1.29 is 18.4 Å². The Labute approximate surface area is 211 Å². The number of aromatic nitrogens is 2. The first-order chi connectivity index (χ1) is 17.8. The second-order valence-corrected chi connectivity index (χ2v) is 8.67. The van der Waals surface area contributed by atoms with Crippen molar-refractivity contribution in [1.82, 2.24) is 14.5 Å². The maximum atomic E-state index is 13.9. The van der Waals surface area contributed by atoms with E-state index in [1.165, 1.54) is 16.9 Å². The Bertz CT molecular complexity index is 1540. The molecular weight excluding hydrogens is 479 g/mol. The van der Waals surface area contributed by atoms with Crippen molar-refractivity contribution >= 4 is 28.4 Å². The summed E-state index contributed by atoms with van der Waals surface area (Å²) in [5.74, 6) is -0.505. The number of halogens is 1. The molecule has 10 heteroatoms. The van der Waals surface area contributed by atoms with E-state index in [2.05, 4.69) is 10.6 Å². The lowest BCUT2D eigenvalue weighted by atomic mass is 10.2. The van der Waals surface area contributed by atoms with Crippen molar-refractivity contribution in [3.8, 4) is 0 Å². The number of fused-ring (bicyclic) bond motifs is 1. The molecule has 4 aromatic rings. The zero-order valence-electron chi connectivity index (χ0n) is 20.3. The highest BCUT2D eigenvalue weighted by atomic mass is 19.1. The van der Waals surface area contributed by atoms with Gasteiger partial charge in [0.25, 0.3) is 5.56 Å². The van der Waals surface area contributed by atoms with E-state index in [4.69, 9.17) is 4.42 Å². The quantitative estimate of drug-likeness (QED) is 0.320. The maximum absolute atomic E-state index is 13.9. The number of anilines is 1. The molecule has 0 fully saturated rings. The topological polar surface area (TPSA) is 115 Å². The molecule has 0 saturated heterocycles. The lowest BCUT2D eigenvalue weighted by Gasteiger charge is -2.14. The molecule has 37 heavy (non-hydrogen) atoms. The molecule has 0 aliphatic rings. The second-order valence-electron chi connectivity index (χ2n) is 8.67. The first-order valence-corrected chi connectivity index (χ1v) is 11.9. The van der Waals surface area contributed by atoms with Crippen LogP contribution in [-0.4, -0.2) is 20.9 Å². The van der Waals surface area contributed by atoms with E-state index < -0.39 is 23.0 Å². The number of carbonyl (C=O) groups is 2. The number of nitrogens with one attached hydrogen (secondary N) is 2. The zero-order chi connectivity index (χ0) is 26.4. The van der Waals surface area contributed by atoms with E-state index >= 15 is 0 Å². The Morgan fingerprint density at radius 3 is 2.54 bits per heavy atom. The molecule has 2 amide bonds. The fourth-order valence-corrected chi connectivity index (χ4v) is 3.98. The number of amides is 2. The van der Waals surface area contributed by atoms with Crippen LogP contribution in [0.1, 0.15) is 30.6 Å². The molecule has 0 bridgehead atoms. The molecule has 0 saturated carbocycles. The van der Waals surface area contributed by atoms with Gasteiger partial charge in [-0.25, -0.2) is 9.18 Å². The van der Waals surface area contributed by atoms with Gasteiger partial charge in [-0.1, -0.05) is 18.2 Å². The van der Waals surface area contributed by atoms with Crippen LogP contribution in [0.2, 0.25) is 0 Å². The summed E-state index contributed by atoms with van der Waals surface area (Å²) in [5, 5.41) is 5.65. The van der Waals surface area contributed by atoms with Crippen molar-refractivity contribution in [2.75, 3.05) is 5.32 Å².